The molecule has 1 aromatic heterocycles. The summed E-state index contributed by atoms with van der Waals surface area (Å²) in [5, 5.41) is 7.12. The van der Waals surface area contributed by atoms with Gasteiger partial charge in [-0.3, -0.25) is 4.98 Å². The van der Waals surface area contributed by atoms with Gasteiger partial charge in [0.05, 0.1) is 24.5 Å². The van der Waals surface area contributed by atoms with Gasteiger partial charge in [-0.25, -0.2) is 13.2 Å². The first kappa shape index (κ1) is 24.5. The molecule has 0 aromatic carbocycles. The lowest BCUT2D eigenvalue weighted by Gasteiger charge is -2.31. The fourth-order valence-corrected chi connectivity index (χ4v) is 5.16. The van der Waals surface area contributed by atoms with Gasteiger partial charge in [0, 0.05) is 25.5 Å². The third-order valence-corrected chi connectivity index (χ3v) is 6.74. The number of fused-ring (bicyclic) bond motifs is 1. The first-order valence-electron chi connectivity index (χ1n) is 9.48. The lowest BCUT2D eigenvalue weighted by Crippen LogP contribution is -2.44. The van der Waals surface area contributed by atoms with Gasteiger partial charge in [-0.15, -0.1) is 0 Å². The minimum Gasteiger partial charge on any atom is -0.475 e. The molecular formula is C18H25F3N2O6S. The summed E-state index contributed by atoms with van der Waals surface area (Å²) in [6.45, 7) is 3.37. The van der Waals surface area contributed by atoms with E-state index in [1.807, 2.05) is 19.1 Å². The van der Waals surface area contributed by atoms with Gasteiger partial charge in [0.2, 0.25) is 10.0 Å². The summed E-state index contributed by atoms with van der Waals surface area (Å²) >= 11 is 0. The first-order valence-corrected chi connectivity index (χ1v) is 11.1. The number of carboxylic acids is 1. The second-order valence-electron chi connectivity index (χ2n) is 6.94. The van der Waals surface area contributed by atoms with Crippen LogP contribution in [0.2, 0.25) is 0 Å². The first-order chi connectivity index (χ1) is 14.1. The van der Waals surface area contributed by atoms with E-state index in [4.69, 9.17) is 19.4 Å². The van der Waals surface area contributed by atoms with E-state index in [9.17, 15) is 21.6 Å². The lowest BCUT2D eigenvalue weighted by molar-refractivity contribution is -0.192. The van der Waals surface area contributed by atoms with Crippen LogP contribution in [0.4, 0.5) is 13.2 Å². The highest BCUT2D eigenvalue weighted by molar-refractivity contribution is 7.89. The Morgan fingerprint density at radius 3 is 2.70 bits per heavy atom. The highest BCUT2D eigenvalue weighted by Crippen LogP contribution is 2.33. The van der Waals surface area contributed by atoms with Crippen molar-refractivity contribution >= 4 is 16.0 Å². The molecule has 170 valence electrons. The Hall–Kier alpha value is -1.76. The molecule has 3 rings (SSSR count). The third kappa shape index (κ3) is 6.62. The number of hydrogen-bond acceptors (Lipinski definition) is 6. The zero-order valence-electron chi connectivity index (χ0n) is 16.4. The predicted molar refractivity (Wildman–Crippen MR) is 100 cm³/mol. The standard InChI is InChI=1S/C16H24N2O4S.C2HF3O2/c1-2-9-23(19,20)18-11-15(16-14(18)6-4-8-21-16)22-12-13-5-3-7-17-10-13;3-2(4,5)1(6)7/h3,5,7,10,14-16H,2,4,6,8-9,11-12H2,1H3;(H,6,7)/t14-,15-,16+;/m1./s1. The van der Waals surface area contributed by atoms with Crippen LogP contribution < -0.4 is 0 Å². The fraction of sp³-hybridized carbons (Fsp3) is 0.667. The number of sulfonamides is 1. The maximum absolute atomic E-state index is 12.5. The largest absolute Gasteiger partial charge is 0.490 e. The number of aromatic nitrogens is 1. The smallest absolute Gasteiger partial charge is 0.475 e. The van der Waals surface area contributed by atoms with Crippen molar-refractivity contribution in [2.45, 2.75) is 57.2 Å². The second-order valence-corrected chi connectivity index (χ2v) is 8.99. The maximum Gasteiger partial charge on any atom is 0.490 e. The summed E-state index contributed by atoms with van der Waals surface area (Å²) in [6.07, 6.45) is 0.394. The lowest BCUT2D eigenvalue weighted by atomic mass is 10.0. The normalized spacial score (nSPS) is 24.6. The molecule has 0 spiro atoms. The highest BCUT2D eigenvalue weighted by atomic mass is 32.2. The Morgan fingerprint density at radius 1 is 1.43 bits per heavy atom. The minimum absolute atomic E-state index is 0.0841. The zero-order chi connectivity index (χ0) is 22.4. The highest BCUT2D eigenvalue weighted by Gasteiger charge is 2.49. The number of alkyl halides is 3. The van der Waals surface area contributed by atoms with E-state index in [0.29, 0.717) is 26.2 Å². The van der Waals surface area contributed by atoms with Crippen LogP contribution in [0, 0.1) is 0 Å². The Bertz CT molecular complexity index is 791. The molecule has 3 heterocycles. The molecule has 8 nitrogen and oxygen atoms in total. The van der Waals surface area contributed by atoms with E-state index < -0.39 is 22.2 Å². The molecule has 2 aliphatic heterocycles. The van der Waals surface area contributed by atoms with Crippen LogP contribution in [0.25, 0.3) is 0 Å². The van der Waals surface area contributed by atoms with Gasteiger partial charge in [0.1, 0.15) is 6.10 Å². The van der Waals surface area contributed by atoms with Gasteiger partial charge in [-0.05, 0) is 30.9 Å². The average molecular weight is 454 g/mol. The Kier molecular flexibility index (Phi) is 8.59. The monoisotopic (exact) mass is 454 g/mol. The number of nitrogens with zero attached hydrogens (tertiary/aromatic N) is 2. The number of rotatable bonds is 6. The van der Waals surface area contributed by atoms with Crippen molar-refractivity contribution in [3.05, 3.63) is 30.1 Å². The number of halogens is 3. The van der Waals surface area contributed by atoms with Gasteiger partial charge < -0.3 is 14.6 Å². The number of aliphatic carboxylic acids is 1. The summed E-state index contributed by atoms with van der Waals surface area (Å²) in [5.74, 6) is -2.57. The molecule has 2 aliphatic rings. The van der Waals surface area contributed by atoms with Crippen molar-refractivity contribution in [2.24, 2.45) is 0 Å². The van der Waals surface area contributed by atoms with E-state index in [1.165, 1.54) is 0 Å². The minimum atomic E-state index is -5.08. The predicted octanol–water partition coefficient (Wildman–Crippen LogP) is 2.20. The molecule has 2 fully saturated rings. The topological polar surface area (TPSA) is 106 Å². The molecule has 3 atom stereocenters. The van der Waals surface area contributed by atoms with Crippen LogP contribution in [-0.2, 0) is 30.9 Å². The van der Waals surface area contributed by atoms with Gasteiger partial charge >= 0.3 is 12.1 Å². The van der Waals surface area contributed by atoms with Crippen LogP contribution in [0.3, 0.4) is 0 Å². The number of carbonyl (C=O) groups is 1. The van der Waals surface area contributed by atoms with Crippen molar-refractivity contribution in [3.63, 3.8) is 0 Å². The summed E-state index contributed by atoms with van der Waals surface area (Å²) in [7, 11) is -3.24. The molecule has 0 amide bonds. The molecule has 1 N–H and O–H groups in total. The number of carboxylic acid groups (broad SMARTS) is 1. The van der Waals surface area contributed by atoms with Crippen molar-refractivity contribution in [2.75, 3.05) is 18.9 Å². The molecule has 30 heavy (non-hydrogen) atoms. The molecule has 0 radical (unpaired) electrons. The Balaban J connectivity index is 0.000000396. The Labute approximate surface area is 173 Å². The third-order valence-electron chi connectivity index (χ3n) is 4.68. The molecular weight excluding hydrogens is 429 g/mol. The fourth-order valence-electron chi connectivity index (χ4n) is 3.40. The second kappa shape index (κ2) is 10.5. The summed E-state index contributed by atoms with van der Waals surface area (Å²) in [5.41, 5.74) is 0.981. The van der Waals surface area contributed by atoms with E-state index in [-0.39, 0.29) is 24.0 Å². The number of hydrogen-bond donors (Lipinski definition) is 1. The molecule has 1 aromatic rings. The zero-order valence-corrected chi connectivity index (χ0v) is 17.2. The van der Waals surface area contributed by atoms with Gasteiger partial charge in [-0.1, -0.05) is 13.0 Å². The van der Waals surface area contributed by atoms with Gasteiger partial charge in [0.15, 0.2) is 0 Å². The summed E-state index contributed by atoms with van der Waals surface area (Å²) in [6, 6.07) is 3.73. The van der Waals surface area contributed by atoms with Gasteiger partial charge in [0.25, 0.3) is 0 Å². The number of ether oxygens (including phenoxy) is 2. The van der Waals surface area contributed by atoms with E-state index in [1.54, 1.807) is 16.7 Å². The van der Waals surface area contributed by atoms with Crippen LogP contribution in [0.5, 0.6) is 0 Å². The van der Waals surface area contributed by atoms with Crippen LogP contribution in [0.1, 0.15) is 31.7 Å². The average Bonchev–Trinajstić information content (AvgIpc) is 3.07. The molecule has 0 saturated carbocycles. The van der Waals surface area contributed by atoms with E-state index >= 15 is 0 Å². The molecule has 12 heteroatoms. The van der Waals surface area contributed by atoms with E-state index in [0.717, 1.165) is 18.4 Å². The molecule has 2 saturated heterocycles. The van der Waals surface area contributed by atoms with Crippen molar-refractivity contribution < 1.29 is 41.0 Å². The van der Waals surface area contributed by atoms with Crippen LogP contribution in [0.15, 0.2) is 24.5 Å². The summed E-state index contributed by atoms with van der Waals surface area (Å²) in [4.78, 5) is 13.0. The number of pyridine rings is 1. The van der Waals surface area contributed by atoms with Gasteiger partial charge in [-0.2, -0.15) is 17.5 Å². The van der Waals surface area contributed by atoms with Crippen LogP contribution in [-0.4, -0.2) is 72.1 Å². The molecule has 0 bridgehead atoms. The molecule has 0 unspecified atom stereocenters. The van der Waals surface area contributed by atoms with Crippen molar-refractivity contribution in [3.8, 4) is 0 Å². The van der Waals surface area contributed by atoms with Crippen LogP contribution >= 0.6 is 0 Å². The van der Waals surface area contributed by atoms with E-state index in [2.05, 4.69) is 4.98 Å². The SMILES string of the molecule is CCCS(=O)(=O)N1C[C@@H](OCc2cccnc2)[C@H]2OCCC[C@H]21.O=C(O)C(F)(F)F. The molecule has 0 aliphatic carbocycles. The summed E-state index contributed by atoms with van der Waals surface area (Å²) < 4.78 is 70.2. The quantitative estimate of drug-likeness (QED) is 0.702. The Morgan fingerprint density at radius 2 is 2.13 bits per heavy atom. The van der Waals surface area contributed by atoms with Crippen molar-refractivity contribution in [1.29, 1.82) is 0 Å². The van der Waals surface area contributed by atoms with Crippen molar-refractivity contribution in [1.82, 2.24) is 9.29 Å². The maximum atomic E-state index is 12.5.